The van der Waals surface area contributed by atoms with Gasteiger partial charge in [-0.25, -0.2) is 0 Å². The summed E-state index contributed by atoms with van der Waals surface area (Å²) in [5.41, 5.74) is 2.59. The molecule has 0 unspecified atom stereocenters. The predicted molar refractivity (Wildman–Crippen MR) is 74.5 cm³/mol. The number of carbonyl (C=O) groups is 2. The van der Waals surface area contributed by atoms with Crippen molar-refractivity contribution in [2.75, 3.05) is 26.2 Å². The fourth-order valence-electron chi connectivity index (χ4n) is 2.46. The van der Waals surface area contributed by atoms with E-state index < -0.39 is 0 Å². The zero-order valence-corrected chi connectivity index (χ0v) is 11.8. The maximum absolute atomic E-state index is 12.1. The summed E-state index contributed by atoms with van der Waals surface area (Å²) in [5, 5.41) is 0. The molecular weight excluding hydrogens is 240 g/mol. The van der Waals surface area contributed by atoms with E-state index in [0.29, 0.717) is 19.5 Å². The zero-order valence-electron chi connectivity index (χ0n) is 11.8. The lowest BCUT2D eigenvalue weighted by atomic mass is 10.1. The molecule has 0 N–H and O–H groups in total. The Balaban J connectivity index is 1.74. The van der Waals surface area contributed by atoms with E-state index in [1.165, 1.54) is 11.1 Å². The molecule has 4 heteroatoms. The van der Waals surface area contributed by atoms with E-state index in [-0.39, 0.29) is 11.8 Å². The SMILES string of the molecule is CC(=O)N1CC=C(CCC(=O)N2CC=C(C)CC2)C1. The van der Waals surface area contributed by atoms with Gasteiger partial charge in [0.15, 0.2) is 0 Å². The summed E-state index contributed by atoms with van der Waals surface area (Å²) < 4.78 is 0. The number of nitrogens with zero attached hydrogens (tertiary/aromatic N) is 2. The molecule has 2 aliphatic rings. The molecular formula is C15H22N2O2. The van der Waals surface area contributed by atoms with Gasteiger partial charge in [-0.3, -0.25) is 9.59 Å². The highest BCUT2D eigenvalue weighted by Gasteiger charge is 2.19. The second-order valence-electron chi connectivity index (χ2n) is 5.40. The smallest absolute Gasteiger partial charge is 0.223 e. The van der Waals surface area contributed by atoms with Crippen molar-refractivity contribution in [2.45, 2.75) is 33.1 Å². The highest BCUT2D eigenvalue weighted by atomic mass is 16.2. The van der Waals surface area contributed by atoms with Gasteiger partial charge in [0.2, 0.25) is 11.8 Å². The standard InChI is InChI=1S/C15H22N2O2/c1-12-5-8-16(9-6-12)15(19)4-3-14-7-10-17(11-14)13(2)18/h5,7H,3-4,6,8-11H2,1-2H3. The largest absolute Gasteiger partial charge is 0.339 e. The number of hydrogen-bond acceptors (Lipinski definition) is 2. The van der Waals surface area contributed by atoms with Crippen LogP contribution in [0.5, 0.6) is 0 Å². The Morgan fingerprint density at radius 2 is 1.95 bits per heavy atom. The predicted octanol–water partition coefficient (Wildman–Crippen LogP) is 1.73. The molecule has 0 aromatic rings. The Bertz CT molecular complexity index is 437. The molecule has 0 aromatic heterocycles. The fraction of sp³-hybridized carbons (Fsp3) is 0.600. The van der Waals surface area contributed by atoms with Crippen LogP contribution in [-0.2, 0) is 9.59 Å². The molecule has 104 valence electrons. The van der Waals surface area contributed by atoms with Crippen LogP contribution in [0.4, 0.5) is 0 Å². The Labute approximate surface area is 114 Å². The molecule has 0 aromatic carbocycles. The first kappa shape index (κ1) is 13.8. The highest BCUT2D eigenvalue weighted by molar-refractivity contribution is 5.77. The quantitative estimate of drug-likeness (QED) is 0.727. The van der Waals surface area contributed by atoms with Gasteiger partial charge in [0.25, 0.3) is 0 Å². The third-order valence-corrected chi connectivity index (χ3v) is 3.89. The molecule has 0 radical (unpaired) electrons. The van der Waals surface area contributed by atoms with E-state index in [9.17, 15) is 9.59 Å². The lowest BCUT2D eigenvalue weighted by molar-refractivity contribution is -0.130. The molecule has 0 atom stereocenters. The van der Waals surface area contributed by atoms with Crippen LogP contribution in [-0.4, -0.2) is 47.8 Å². The van der Waals surface area contributed by atoms with Crippen molar-refractivity contribution >= 4 is 11.8 Å². The average molecular weight is 262 g/mol. The van der Waals surface area contributed by atoms with Crippen LogP contribution >= 0.6 is 0 Å². The monoisotopic (exact) mass is 262 g/mol. The molecule has 4 nitrogen and oxygen atoms in total. The molecule has 2 aliphatic heterocycles. The van der Waals surface area contributed by atoms with E-state index in [0.717, 1.165) is 25.9 Å². The summed E-state index contributed by atoms with van der Waals surface area (Å²) in [6.07, 6.45) is 6.54. The van der Waals surface area contributed by atoms with Crippen LogP contribution in [0, 0.1) is 0 Å². The molecule has 0 bridgehead atoms. The summed E-state index contributed by atoms with van der Waals surface area (Å²) in [4.78, 5) is 27.0. The van der Waals surface area contributed by atoms with Crippen molar-refractivity contribution in [3.8, 4) is 0 Å². The molecule has 19 heavy (non-hydrogen) atoms. The van der Waals surface area contributed by atoms with Gasteiger partial charge in [-0.2, -0.15) is 0 Å². The van der Waals surface area contributed by atoms with Crippen LogP contribution in [0.1, 0.15) is 33.1 Å². The van der Waals surface area contributed by atoms with Crippen molar-refractivity contribution in [2.24, 2.45) is 0 Å². The van der Waals surface area contributed by atoms with Crippen molar-refractivity contribution in [1.82, 2.24) is 9.80 Å². The van der Waals surface area contributed by atoms with E-state index in [1.54, 1.807) is 11.8 Å². The molecule has 2 amide bonds. The highest BCUT2D eigenvalue weighted by Crippen LogP contribution is 2.17. The minimum atomic E-state index is 0.106. The summed E-state index contributed by atoms with van der Waals surface area (Å²) in [6.45, 7) is 6.70. The molecule has 2 rings (SSSR count). The van der Waals surface area contributed by atoms with Gasteiger partial charge >= 0.3 is 0 Å². The van der Waals surface area contributed by atoms with Gasteiger partial charge in [0, 0.05) is 39.5 Å². The van der Waals surface area contributed by atoms with Gasteiger partial charge in [-0.15, -0.1) is 0 Å². The van der Waals surface area contributed by atoms with Crippen LogP contribution in [0.25, 0.3) is 0 Å². The minimum absolute atomic E-state index is 0.106. The third-order valence-electron chi connectivity index (χ3n) is 3.89. The Morgan fingerprint density at radius 3 is 2.53 bits per heavy atom. The van der Waals surface area contributed by atoms with E-state index in [4.69, 9.17) is 0 Å². The van der Waals surface area contributed by atoms with Gasteiger partial charge in [-0.05, 0) is 19.8 Å². The molecule has 0 aliphatic carbocycles. The third kappa shape index (κ3) is 3.69. The lowest BCUT2D eigenvalue weighted by Gasteiger charge is -2.25. The summed E-state index contributed by atoms with van der Waals surface area (Å²) in [7, 11) is 0. The van der Waals surface area contributed by atoms with Gasteiger partial charge in [0.05, 0.1) is 0 Å². The van der Waals surface area contributed by atoms with E-state index in [2.05, 4.69) is 19.1 Å². The Kier molecular flexibility index (Phi) is 4.40. The molecule has 0 saturated carbocycles. The maximum Gasteiger partial charge on any atom is 0.223 e. The second kappa shape index (κ2) is 6.04. The summed E-state index contributed by atoms with van der Waals surface area (Å²) in [5.74, 6) is 0.333. The minimum Gasteiger partial charge on any atom is -0.339 e. The Hall–Kier alpha value is -1.58. The lowest BCUT2D eigenvalue weighted by Crippen LogP contribution is -2.34. The zero-order chi connectivity index (χ0) is 13.8. The summed E-state index contributed by atoms with van der Waals surface area (Å²) in [6, 6.07) is 0. The number of amides is 2. The summed E-state index contributed by atoms with van der Waals surface area (Å²) >= 11 is 0. The molecule has 0 saturated heterocycles. The van der Waals surface area contributed by atoms with Gasteiger partial charge in [0.1, 0.15) is 0 Å². The van der Waals surface area contributed by atoms with Crippen LogP contribution < -0.4 is 0 Å². The van der Waals surface area contributed by atoms with Gasteiger partial charge in [-0.1, -0.05) is 23.3 Å². The number of hydrogen-bond donors (Lipinski definition) is 0. The molecule has 2 heterocycles. The van der Waals surface area contributed by atoms with Crippen LogP contribution in [0.2, 0.25) is 0 Å². The fourth-order valence-corrected chi connectivity index (χ4v) is 2.46. The number of rotatable bonds is 3. The molecule has 0 spiro atoms. The maximum atomic E-state index is 12.1. The van der Waals surface area contributed by atoms with Crippen LogP contribution in [0.3, 0.4) is 0 Å². The second-order valence-corrected chi connectivity index (χ2v) is 5.40. The first-order valence-corrected chi connectivity index (χ1v) is 6.93. The van der Waals surface area contributed by atoms with Crippen molar-refractivity contribution < 1.29 is 9.59 Å². The molecule has 0 fully saturated rings. The topological polar surface area (TPSA) is 40.6 Å². The first-order valence-electron chi connectivity index (χ1n) is 6.93. The van der Waals surface area contributed by atoms with Gasteiger partial charge < -0.3 is 9.80 Å². The average Bonchev–Trinajstić information content (AvgIpc) is 2.86. The van der Waals surface area contributed by atoms with E-state index in [1.807, 2.05) is 4.90 Å². The first-order chi connectivity index (χ1) is 9.06. The van der Waals surface area contributed by atoms with Crippen LogP contribution in [0.15, 0.2) is 23.3 Å². The van der Waals surface area contributed by atoms with Crippen molar-refractivity contribution in [1.29, 1.82) is 0 Å². The van der Waals surface area contributed by atoms with Crippen molar-refractivity contribution in [3.05, 3.63) is 23.3 Å². The number of carbonyl (C=O) groups excluding carboxylic acids is 2. The van der Waals surface area contributed by atoms with Crippen molar-refractivity contribution in [3.63, 3.8) is 0 Å². The Morgan fingerprint density at radius 1 is 1.21 bits per heavy atom. The van der Waals surface area contributed by atoms with E-state index >= 15 is 0 Å². The normalized spacial score (nSPS) is 19.3.